The van der Waals surface area contributed by atoms with Crippen molar-refractivity contribution in [3.05, 3.63) is 42.2 Å². The third-order valence-corrected chi connectivity index (χ3v) is 3.28. The van der Waals surface area contributed by atoms with Crippen molar-refractivity contribution < 1.29 is 0 Å². The number of nitrogens with zero attached hydrogens (tertiary/aromatic N) is 2. The molecule has 2 aromatic rings. The van der Waals surface area contributed by atoms with E-state index in [4.69, 9.17) is 5.84 Å². The maximum absolute atomic E-state index is 5.43. The maximum Gasteiger partial charge on any atom is 0.144 e. The summed E-state index contributed by atoms with van der Waals surface area (Å²) in [6.07, 6.45) is 0. The van der Waals surface area contributed by atoms with Crippen LogP contribution < -0.4 is 11.3 Å². The Morgan fingerprint density at radius 2 is 1.89 bits per heavy atom. The maximum atomic E-state index is 5.43. The lowest BCUT2D eigenvalue weighted by Gasteiger charge is -2.09. The summed E-state index contributed by atoms with van der Waals surface area (Å²) in [7, 11) is 0. The van der Waals surface area contributed by atoms with Crippen molar-refractivity contribution in [3.8, 4) is 0 Å². The van der Waals surface area contributed by atoms with Crippen molar-refractivity contribution >= 4 is 17.6 Å². The molecule has 18 heavy (non-hydrogen) atoms. The highest BCUT2D eigenvalue weighted by Gasteiger charge is 2.08. The fraction of sp³-hybridized carbons (Fsp3) is 0.231. The van der Waals surface area contributed by atoms with Crippen LogP contribution >= 0.6 is 11.8 Å². The number of hydrazine groups is 1. The predicted molar refractivity (Wildman–Crippen MR) is 74.5 cm³/mol. The first-order chi connectivity index (χ1) is 8.69. The van der Waals surface area contributed by atoms with E-state index in [0.29, 0.717) is 5.82 Å². The molecule has 0 amide bonds. The topological polar surface area (TPSA) is 63.8 Å². The van der Waals surface area contributed by atoms with E-state index < -0.39 is 0 Å². The van der Waals surface area contributed by atoms with E-state index in [9.17, 15) is 0 Å². The third-order valence-electron chi connectivity index (χ3n) is 2.35. The van der Waals surface area contributed by atoms with E-state index in [2.05, 4.69) is 41.4 Å². The molecule has 2 rings (SSSR count). The average Bonchev–Trinajstić information content (AvgIpc) is 2.39. The molecule has 0 atom stereocenters. The minimum absolute atomic E-state index is 0.272. The van der Waals surface area contributed by atoms with Gasteiger partial charge in [-0.05, 0) is 12.1 Å². The third kappa shape index (κ3) is 3.21. The first-order valence-electron chi connectivity index (χ1n) is 5.77. The Morgan fingerprint density at radius 3 is 2.50 bits per heavy atom. The molecular formula is C13H16N4S. The minimum Gasteiger partial charge on any atom is -0.308 e. The summed E-state index contributed by atoms with van der Waals surface area (Å²) in [4.78, 5) is 10.0. The second-order valence-electron chi connectivity index (χ2n) is 4.16. The molecule has 0 unspecified atom stereocenters. The summed E-state index contributed by atoms with van der Waals surface area (Å²) < 4.78 is 0. The Balaban J connectivity index is 2.30. The lowest BCUT2D eigenvalue weighted by Crippen LogP contribution is -2.11. The van der Waals surface area contributed by atoms with Crippen molar-refractivity contribution in [2.45, 2.75) is 29.7 Å². The first kappa shape index (κ1) is 12.9. The van der Waals surface area contributed by atoms with Crippen molar-refractivity contribution in [2.75, 3.05) is 5.43 Å². The Morgan fingerprint density at radius 1 is 1.17 bits per heavy atom. The van der Waals surface area contributed by atoms with Crippen molar-refractivity contribution in [2.24, 2.45) is 5.84 Å². The number of benzene rings is 1. The quantitative estimate of drug-likeness (QED) is 0.502. The average molecular weight is 260 g/mol. The van der Waals surface area contributed by atoms with Crippen LogP contribution in [0.2, 0.25) is 0 Å². The highest BCUT2D eigenvalue weighted by Crippen LogP contribution is 2.28. The summed E-state index contributed by atoms with van der Waals surface area (Å²) in [6, 6.07) is 12.0. The van der Waals surface area contributed by atoms with Gasteiger partial charge in [-0.2, -0.15) is 0 Å². The second-order valence-corrected chi connectivity index (χ2v) is 5.26. The molecule has 1 heterocycles. The van der Waals surface area contributed by atoms with Crippen LogP contribution in [0, 0.1) is 0 Å². The van der Waals surface area contributed by atoms with Crippen molar-refractivity contribution in [1.29, 1.82) is 0 Å². The molecule has 0 radical (unpaired) electrons. The molecule has 0 aliphatic carbocycles. The number of aromatic nitrogens is 2. The Kier molecular flexibility index (Phi) is 4.17. The number of anilines is 1. The standard InChI is InChI=1S/C13H16N4S/c1-9(2)13-15-11(17-14)8-12(16-13)18-10-6-4-3-5-7-10/h3-9H,14H2,1-2H3,(H,15,16,17). The van der Waals surface area contributed by atoms with E-state index in [1.54, 1.807) is 11.8 Å². The molecule has 3 N–H and O–H groups in total. The fourth-order valence-electron chi connectivity index (χ4n) is 1.44. The summed E-state index contributed by atoms with van der Waals surface area (Å²) in [5, 5.41) is 0.896. The smallest absolute Gasteiger partial charge is 0.144 e. The Labute approximate surface area is 111 Å². The lowest BCUT2D eigenvalue weighted by molar-refractivity contribution is 0.754. The molecule has 4 nitrogen and oxygen atoms in total. The number of hydrogen-bond donors (Lipinski definition) is 2. The van der Waals surface area contributed by atoms with Crippen LogP contribution in [0.5, 0.6) is 0 Å². The van der Waals surface area contributed by atoms with E-state index in [0.717, 1.165) is 15.7 Å². The lowest BCUT2D eigenvalue weighted by atomic mass is 10.2. The Hall–Kier alpha value is -1.59. The summed E-state index contributed by atoms with van der Waals surface area (Å²) >= 11 is 1.60. The van der Waals surface area contributed by atoms with Gasteiger partial charge in [0, 0.05) is 16.9 Å². The molecule has 0 bridgehead atoms. The molecule has 0 saturated carbocycles. The van der Waals surface area contributed by atoms with Crippen molar-refractivity contribution in [1.82, 2.24) is 9.97 Å². The molecule has 94 valence electrons. The molecule has 0 spiro atoms. The van der Waals surface area contributed by atoms with Gasteiger partial charge in [0.25, 0.3) is 0 Å². The SMILES string of the molecule is CC(C)c1nc(NN)cc(Sc2ccccc2)n1. The van der Waals surface area contributed by atoms with Crippen LogP contribution in [-0.2, 0) is 0 Å². The molecule has 1 aromatic carbocycles. The van der Waals surface area contributed by atoms with Gasteiger partial charge in [0.2, 0.25) is 0 Å². The van der Waals surface area contributed by atoms with Crippen molar-refractivity contribution in [3.63, 3.8) is 0 Å². The first-order valence-corrected chi connectivity index (χ1v) is 6.59. The summed E-state index contributed by atoms with van der Waals surface area (Å²) in [5.41, 5.74) is 2.58. The number of nitrogens with two attached hydrogens (primary N) is 1. The van der Waals surface area contributed by atoms with Crippen LogP contribution in [0.3, 0.4) is 0 Å². The van der Waals surface area contributed by atoms with Crippen LogP contribution in [0.15, 0.2) is 46.3 Å². The highest BCUT2D eigenvalue weighted by molar-refractivity contribution is 7.99. The molecule has 0 fully saturated rings. The van der Waals surface area contributed by atoms with E-state index >= 15 is 0 Å². The molecule has 5 heteroatoms. The molecule has 1 aromatic heterocycles. The second kappa shape index (κ2) is 5.84. The Bertz CT molecular complexity index is 514. The van der Waals surface area contributed by atoms with Crippen LogP contribution in [-0.4, -0.2) is 9.97 Å². The van der Waals surface area contributed by atoms with E-state index in [-0.39, 0.29) is 5.92 Å². The largest absolute Gasteiger partial charge is 0.308 e. The molecule has 0 saturated heterocycles. The van der Waals surface area contributed by atoms with Gasteiger partial charge in [-0.3, -0.25) is 0 Å². The van der Waals surface area contributed by atoms with Crippen LogP contribution in [0.25, 0.3) is 0 Å². The predicted octanol–water partition coefficient (Wildman–Crippen LogP) is 3.04. The summed E-state index contributed by atoms with van der Waals surface area (Å²) in [6.45, 7) is 4.12. The van der Waals surface area contributed by atoms with E-state index in [1.165, 1.54) is 0 Å². The number of nitrogens with one attached hydrogen (secondary N) is 1. The van der Waals surface area contributed by atoms with Crippen LogP contribution in [0.4, 0.5) is 5.82 Å². The van der Waals surface area contributed by atoms with E-state index in [1.807, 2.05) is 24.3 Å². The van der Waals surface area contributed by atoms with Gasteiger partial charge in [-0.1, -0.05) is 43.8 Å². The normalized spacial score (nSPS) is 10.7. The zero-order chi connectivity index (χ0) is 13.0. The number of nitrogen functional groups attached to an aromatic ring is 1. The monoisotopic (exact) mass is 260 g/mol. The molecule has 0 aliphatic rings. The zero-order valence-corrected chi connectivity index (χ0v) is 11.2. The molecular weight excluding hydrogens is 244 g/mol. The van der Waals surface area contributed by atoms with Gasteiger partial charge in [-0.15, -0.1) is 0 Å². The minimum atomic E-state index is 0.272. The zero-order valence-electron chi connectivity index (χ0n) is 10.4. The van der Waals surface area contributed by atoms with Crippen LogP contribution in [0.1, 0.15) is 25.6 Å². The van der Waals surface area contributed by atoms with Gasteiger partial charge in [0.1, 0.15) is 16.7 Å². The summed E-state index contributed by atoms with van der Waals surface area (Å²) in [5.74, 6) is 7.14. The number of rotatable bonds is 4. The van der Waals surface area contributed by atoms with Gasteiger partial charge in [-0.25, -0.2) is 15.8 Å². The number of hydrogen-bond acceptors (Lipinski definition) is 5. The van der Waals surface area contributed by atoms with Gasteiger partial charge in [0.05, 0.1) is 0 Å². The van der Waals surface area contributed by atoms with Gasteiger partial charge >= 0.3 is 0 Å². The highest BCUT2D eigenvalue weighted by atomic mass is 32.2. The fourth-order valence-corrected chi connectivity index (χ4v) is 2.28. The van der Waals surface area contributed by atoms with Gasteiger partial charge in [0.15, 0.2) is 0 Å². The van der Waals surface area contributed by atoms with Gasteiger partial charge < -0.3 is 5.43 Å². The molecule has 0 aliphatic heterocycles.